The molecule has 2 aromatic heterocycles. The topological polar surface area (TPSA) is 135 Å². The largest absolute Gasteiger partial charge is 0.494 e. The van der Waals surface area contributed by atoms with Crippen LogP contribution in [0.3, 0.4) is 0 Å². The maximum absolute atomic E-state index is 12.6. The van der Waals surface area contributed by atoms with Gasteiger partial charge in [0.2, 0.25) is 5.88 Å². The lowest BCUT2D eigenvalue weighted by molar-refractivity contribution is -0.384. The van der Waals surface area contributed by atoms with Gasteiger partial charge >= 0.3 is 0 Å². The van der Waals surface area contributed by atoms with E-state index in [1.807, 2.05) is 6.07 Å². The summed E-state index contributed by atoms with van der Waals surface area (Å²) in [6, 6.07) is 9.38. The van der Waals surface area contributed by atoms with Crippen molar-refractivity contribution in [3.05, 3.63) is 85.1 Å². The Kier molecular flexibility index (Phi) is 5.27. The molecule has 9 nitrogen and oxygen atoms in total. The van der Waals surface area contributed by atoms with Gasteiger partial charge in [0.25, 0.3) is 11.2 Å². The number of aromatic hydroxyl groups is 1. The van der Waals surface area contributed by atoms with Crippen molar-refractivity contribution in [1.29, 1.82) is 5.26 Å². The van der Waals surface area contributed by atoms with E-state index in [-0.39, 0.29) is 34.8 Å². The minimum absolute atomic E-state index is 0.0662. The SMILES string of the molecule is Cc1ccc([N+](=O)[O-])cc1N=Cc1c(C)c(C#N)c(=O)n(Cc2ccco2)c1O. The number of rotatable bonds is 5. The molecule has 0 fully saturated rings. The van der Waals surface area contributed by atoms with Crippen LogP contribution >= 0.6 is 0 Å². The summed E-state index contributed by atoms with van der Waals surface area (Å²) >= 11 is 0. The van der Waals surface area contributed by atoms with Crippen molar-refractivity contribution < 1.29 is 14.4 Å². The molecule has 0 aliphatic heterocycles. The highest BCUT2D eigenvalue weighted by Gasteiger charge is 2.19. The summed E-state index contributed by atoms with van der Waals surface area (Å²) in [5.41, 5.74) is 0.545. The molecule has 1 N–H and O–H groups in total. The van der Waals surface area contributed by atoms with Gasteiger partial charge in [-0.05, 0) is 37.1 Å². The Morgan fingerprint density at radius 3 is 2.76 bits per heavy atom. The molecule has 2 heterocycles. The summed E-state index contributed by atoms with van der Waals surface area (Å²) in [5, 5.41) is 31.1. The lowest BCUT2D eigenvalue weighted by atomic mass is 10.1. The van der Waals surface area contributed by atoms with E-state index in [2.05, 4.69) is 4.99 Å². The van der Waals surface area contributed by atoms with E-state index in [4.69, 9.17) is 4.42 Å². The van der Waals surface area contributed by atoms with E-state index in [0.29, 0.717) is 17.0 Å². The van der Waals surface area contributed by atoms with Gasteiger partial charge in [-0.1, -0.05) is 6.07 Å². The van der Waals surface area contributed by atoms with Gasteiger partial charge in [-0.3, -0.25) is 24.5 Å². The standard InChI is InChI=1S/C20H16N4O5/c1-12-5-6-14(24(27)28)8-18(12)22-10-17-13(2)16(9-21)19(25)23(20(17)26)11-15-4-3-7-29-15/h3-8,10,26H,11H2,1-2H3. The summed E-state index contributed by atoms with van der Waals surface area (Å²) < 4.78 is 6.24. The van der Waals surface area contributed by atoms with Crippen LogP contribution in [0.4, 0.5) is 11.4 Å². The van der Waals surface area contributed by atoms with Gasteiger partial charge in [-0.25, -0.2) is 0 Å². The minimum Gasteiger partial charge on any atom is -0.494 e. The molecular formula is C20H16N4O5. The maximum Gasteiger partial charge on any atom is 0.271 e. The zero-order valence-electron chi connectivity index (χ0n) is 15.6. The Bertz CT molecular complexity index is 1220. The van der Waals surface area contributed by atoms with Crippen molar-refractivity contribution in [2.45, 2.75) is 20.4 Å². The molecule has 0 spiro atoms. The second-order valence-electron chi connectivity index (χ2n) is 6.31. The average molecular weight is 392 g/mol. The monoisotopic (exact) mass is 392 g/mol. The fourth-order valence-electron chi connectivity index (χ4n) is 2.82. The number of aromatic nitrogens is 1. The zero-order valence-corrected chi connectivity index (χ0v) is 15.6. The van der Waals surface area contributed by atoms with Crippen LogP contribution in [0.15, 0.2) is 50.8 Å². The van der Waals surface area contributed by atoms with Gasteiger partial charge < -0.3 is 9.52 Å². The van der Waals surface area contributed by atoms with Crippen LogP contribution in [0.1, 0.15) is 28.0 Å². The smallest absolute Gasteiger partial charge is 0.271 e. The molecule has 0 aliphatic carbocycles. The number of hydrogen-bond acceptors (Lipinski definition) is 7. The van der Waals surface area contributed by atoms with Gasteiger partial charge in [0, 0.05) is 18.3 Å². The van der Waals surface area contributed by atoms with Crippen molar-refractivity contribution in [2.75, 3.05) is 0 Å². The van der Waals surface area contributed by atoms with Crippen LogP contribution in [-0.4, -0.2) is 20.8 Å². The lowest BCUT2D eigenvalue weighted by Gasteiger charge is -2.13. The quantitative estimate of drug-likeness (QED) is 0.402. The molecule has 3 rings (SSSR count). The Hall–Kier alpha value is -4.19. The van der Waals surface area contributed by atoms with E-state index < -0.39 is 10.5 Å². The maximum atomic E-state index is 12.6. The number of aryl methyl sites for hydroxylation is 1. The van der Waals surface area contributed by atoms with Crippen LogP contribution in [-0.2, 0) is 6.54 Å². The third kappa shape index (κ3) is 3.77. The van der Waals surface area contributed by atoms with Crippen molar-refractivity contribution in [2.24, 2.45) is 4.99 Å². The molecule has 0 amide bonds. The lowest BCUT2D eigenvalue weighted by Crippen LogP contribution is -2.25. The summed E-state index contributed by atoms with van der Waals surface area (Å²) in [6.45, 7) is 3.20. The summed E-state index contributed by atoms with van der Waals surface area (Å²) in [7, 11) is 0. The molecule has 29 heavy (non-hydrogen) atoms. The number of benzene rings is 1. The van der Waals surface area contributed by atoms with Crippen molar-refractivity contribution in [1.82, 2.24) is 4.57 Å². The van der Waals surface area contributed by atoms with Crippen LogP contribution in [0.5, 0.6) is 5.88 Å². The predicted molar refractivity (Wildman–Crippen MR) is 105 cm³/mol. The van der Waals surface area contributed by atoms with Gasteiger partial charge in [-0.15, -0.1) is 0 Å². The van der Waals surface area contributed by atoms with E-state index in [0.717, 1.165) is 4.57 Å². The molecule has 0 unspecified atom stereocenters. The molecule has 1 aromatic carbocycles. The first kappa shape index (κ1) is 19.6. The summed E-state index contributed by atoms with van der Waals surface area (Å²) in [5.74, 6) is 0.0438. The molecule has 0 atom stereocenters. The molecule has 0 saturated heterocycles. The first-order chi connectivity index (χ1) is 13.8. The van der Waals surface area contributed by atoms with Gasteiger partial charge in [0.1, 0.15) is 17.4 Å². The van der Waals surface area contributed by atoms with Gasteiger partial charge in [0.15, 0.2) is 0 Å². The van der Waals surface area contributed by atoms with E-state index in [9.17, 15) is 25.3 Å². The van der Waals surface area contributed by atoms with Gasteiger partial charge in [-0.2, -0.15) is 5.26 Å². The molecular weight excluding hydrogens is 376 g/mol. The average Bonchev–Trinajstić information content (AvgIpc) is 3.20. The first-order valence-electron chi connectivity index (χ1n) is 8.51. The van der Waals surface area contributed by atoms with Crippen molar-refractivity contribution in [3.63, 3.8) is 0 Å². The zero-order chi connectivity index (χ0) is 21.1. The first-order valence-corrected chi connectivity index (χ1v) is 8.51. The van der Waals surface area contributed by atoms with E-state index >= 15 is 0 Å². The van der Waals surface area contributed by atoms with Crippen LogP contribution in [0.25, 0.3) is 0 Å². The molecule has 146 valence electrons. The Labute approximate surface area is 164 Å². The number of nitrogens with zero attached hydrogens (tertiary/aromatic N) is 4. The molecule has 0 bridgehead atoms. The second kappa shape index (κ2) is 7.82. The predicted octanol–water partition coefficient (Wildman–Crippen LogP) is 3.34. The number of nitro groups is 1. The third-order valence-corrected chi connectivity index (χ3v) is 4.48. The number of nitro benzene ring substituents is 1. The van der Waals surface area contributed by atoms with Crippen molar-refractivity contribution >= 4 is 17.6 Å². The molecule has 0 radical (unpaired) electrons. The van der Waals surface area contributed by atoms with Crippen LogP contribution in [0.2, 0.25) is 0 Å². The van der Waals surface area contributed by atoms with Gasteiger partial charge in [0.05, 0.1) is 29.0 Å². The van der Waals surface area contributed by atoms with Crippen LogP contribution in [0, 0.1) is 35.3 Å². The number of aliphatic imine (C=N–C) groups is 1. The summed E-state index contributed by atoms with van der Waals surface area (Å²) in [4.78, 5) is 27.3. The molecule has 9 heteroatoms. The highest BCUT2D eigenvalue weighted by Crippen LogP contribution is 2.26. The number of hydrogen-bond donors (Lipinski definition) is 1. The normalized spacial score (nSPS) is 10.9. The molecule has 0 aliphatic rings. The van der Waals surface area contributed by atoms with Crippen molar-refractivity contribution in [3.8, 4) is 11.9 Å². The third-order valence-electron chi connectivity index (χ3n) is 4.48. The number of non-ortho nitro benzene ring substituents is 1. The Balaban J connectivity index is 2.13. The number of pyridine rings is 1. The molecule has 3 aromatic rings. The molecule has 0 saturated carbocycles. The Morgan fingerprint density at radius 2 is 2.14 bits per heavy atom. The van der Waals surface area contributed by atoms with E-state index in [1.54, 1.807) is 25.1 Å². The van der Waals surface area contributed by atoms with Crippen LogP contribution < -0.4 is 5.56 Å². The minimum atomic E-state index is -0.650. The highest BCUT2D eigenvalue weighted by molar-refractivity contribution is 5.87. The Morgan fingerprint density at radius 1 is 1.38 bits per heavy atom. The summed E-state index contributed by atoms with van der Waals surface area (Å²) in [6.07, 6.45) is 2.72. The fraction of sp³-hybridized carbons (Fsp3) is 0.150. The second-order valence-corrected chi connectivity index (χ2v) is 6.31. The highest BCUT2D eigenvalue weighted by atomic mass is 16.6. The number of furan rings is 1. The number of nitriles is 1. The van der Waals surface area contributed by atoms with E-state index in [1.165, 1.54) is 31.5 Å². The fourth-order valence-corrected chi connectivity index (χ4v) is 2.82.